The van der Waals surface area contributed by atoms with Crippen LogP contribution in [0.2, 0.25) is 0 Å². The fourth-order valence-corrected chi connectivity index (χ4v) is 3.87. The monoisotopic (exact) mass is 479 g/mol. The van der Waals surface area contributed by atoms with Crippen molar-refractivity contribution >= 4 is 17.5 Å². The summed E-state index contributed by atoms with van der Waals surface area (Å²) in [4.78, 5) is 23.0. The molecule has 188 valence electrons. The van der Waals surface area contributed by atoms with Gasteiger partial charge in [0.25, 0.3) is 0 Å². The number of urea groups is 1. The summed E-state index contributed by atoms with van der Waals surface area (Å²) in [5.41, 5.74) is 1.24. The van der Waals surface area contributed by atoms with Crippen molar-refractivity contribution < 1.29 is 18.0 Å². The van der Waals surface area contributed by atoms with Gasteiger partial charge in [-0.3, -0.25) is 9.80 Å². The van der Waals surface area contributed by atoms with E-state index < -0.39 is 11.7 Å². The van der Waals surface area contributed by atoms with E-state index in [1.54, 1.807) is 38.2 Å². The van der Waals surface area contributed by atoms with Crippen molar-refractivity contribution in [3.63, 3.8) is 0 Å². The Hall–Kier alpha value is -2.81. The maximum absolute atomic E-state index is 13.1. The number of rotatable bonds is 9. The number of nitrogens with one attached hydrogen (secondary N) is 1. The molecule has 0 aliphatic rings. The van der Waals surface area contributed by atoms with Gasteiger partial charge in [0.05, 0.1) is 11.3 Å². The highest BCUT2D eigenvalue weighted by atomic mass is 19.4. The molecular formula is C25H36F3N5O. The molecule has 0 radical (unpaired) electrons. The summed E-state index contributed by atoms with van der Waals surface area (Å²) in [7, 11) is 3.39. The highest BCUT2D eigenvalue weighted by Gasteiger charge is 2.30. The average Bonchev–Trinajstić information content (AvgIpc) is 2.74. The molecule has 0 fully saturated rings. The van der Waals surface area contributed by atoms with E-state index in [0.29, 0.717) is 48.8 Å². The minimum Gasteiger partial charge on any atom is -0.378 e. The zero-order valence-electron chi connectivity index (χ0n) is 21.1. The van der Waals surface area contributed by atoms with Crippen LogP contribution in [0.1, 0.15) is 44.4 Å². The van der Waals surface area contributed by atoms with Gasteiger partial charge in [-0.05, 0) is 70.0 Å². The van der Waals surface area contributed by atoms with Crippen molar-refractivity contribution in [3.05, 3.63) is 53.2 Å². The molecule has 0 aliphatic heterocycles. The number of aryl methyl sites for hydroxylation is 1. The summed E-state index contributed by atoms with van der Waals surface area (Å²) in [5, 5.41) is 3.27. The number of alkyl halides is 3. The van der Waals surface area contributed by atoms with Gasteiger partial charge in [0.2, 0.25) is 0 Å². The molecule has 0 aliphatic carbocycles. The van der Waals surface area contributed by atoms with Crippen LogP contribution in [-0.2, 0) is 12.7 Å². The Morgan fingerprint density at radius 1 is 1.06 bits per heavy atom. The number of benzene rings is 1. The van der Waals surface area contributed by atoms with Crippen LogP contribution < -0.4 is 10.2 Å². The van der Waals surface area contributed by atoms with Crippen LogP contribution in [0.3, 0.4) is 0 Å². The number of amides is 2. The van der Waals surface area contributed by atoms with Crippen molar-refractivity contribution in [1.82, 2.24) is 14.8 Å². The lowest BCUT2D eigenvalue weighted by Crippen LogP contribution is -2.47. The molecule has 2 amide bonds. The van der Waals surface area contributed by atoms with E-state index in [9.17, 15) is 18.0 Å². The minimum absolute atomic E-state index is 0.195. The highest BCUT2D eigenvalue weighted by molar-refractivity contribution is 5.93. The Balaban J connectivity index is 2.29. The first-order chi connectivity index (χ1) is 15.8. The van der Waals surface area contributed by atoms with E-state index in [1.165, 1.54) is 11.0 Å². The van der Waals surface area contributed by atoms with E-state index in [2.05, 4.69) is 42.9 Å². The molecule has 0 unspecified atom stereocenters. The van der Waals surface area contributed by atoms with Crippen molar-refractivity contribution in [1.29, 1.82) is 0 Å². The van der Waals surface area contributed by atoms with Gasteiger partial charge in [-0.15, -0.1) is 0 Å². The molecule has 0 saturated carbocycles. The molecule has 9 heteroatoms. The number of nitrogens with zero attached hydrogens (tertiary/aromatic N) is 4. The number of carbonyl (C=O) groups is 1. The largest absolute Gasteiger partial charge is 0.416 e. The van der Waals surface area contributed by atoms with E-state index in [4.69, 9.17) is 0 Å². The molecular weight excluding hydrogens is 443 g/mol. The van der Waals surface area contributed by atoms with Crippen LogP contribution in [0.4, 0.5) is 29.5 Å². The Morgan fingerprint density at radius 3 is 2.24 bits per heavy atom. The number of hydrogen-bond donors (Lipinski definition) is 1. The molecule has 2 rings (SSSR count). The van der Waals surface area contributed by atoms with E-state index in [0.717, 1.165) is 17.7 Å². The first-order valence-electron chi connectivity index (χ1n) is 11.4. The van der Waals surface area contributed by atoms with Crippen LogP contribution >= 0.6 is 0 Å². The summed E-state index contributed by atoms with van der Waals surface area (Å²) in [6, 6.07) is 7.74. The smallest absolute Gasteiger partial charge is 0.378 e. The zero-order chi connectivity index (χ0) is 25.6. The number of pyridine rings is 1. The number of aromatic nitrogens is 1. The predicted molar refractivity (Wildman–Crippen MR) is 131 cm³/mol. The lowest BCUT2D eigenvalue weighted by Gasteiger charge is -2.34. The molecule has 0 saturated heterocycles. The predicted octanol–water partition coefficient (Wildman–Crippen LogP) is 5.63. The van der Waals surface area contributed by atoms with Crippen molar-refractivity contribution in [2.75, 3.05) is 37.4 Å². The van der Waals surface area contributed by atoms with E-state index >= 15 is 0 Å². The normalized spacial score (nSPS) is 11.9. The molecule has 2 aromatic rings. The summed E-state index contributed by atoms with van der Waals surface area (Å²) in [6.07, 6.45) is -2.75. The van der Waals surface area contributed by atoms with Gasteiger partial charge in [0.1, 0.15) is 0 Å². The Morgan fingerprint density at radius 2 is 1.71 bits per heavy atom. The van der Waals surface area contributed by atoms with Gasteiger partial charge >= 0.3 is 12.2 Å². The molecule has 0 spiro atoms. The molecule has 1 heterocycles. The fourth-order valence-electron chi connectivity index (χ4n) is 3.87. The summed E-state index contributed by atoms with van der Waals surface area (Å²) in [6.45, 7) is 11.6. The zero-order valence-corrected chi connectivity index (χ0v) is 21.1. The third-order valence-corrected chi connectivity index (χ3v) is 5.70. The molecule has 1 N–H and O–H groups in total. The van der Waals surface area contributed by atoms with Crippen LogP contribution in [0.5, 0.6) is 0 Å². The first-order valence-corrected chi connectivity index (χ1v) is 11.4. The van der Waals surface area contributed by atoms with Crippen LogP contribution in [-0.4, -0.2) is 60.1 Å². The summed E-state index contributed by atoms with van der Waals surface area (Å²) >= 11 is 0. The third-order valence-electron chi connectivity index (χ3n) is 5.70. The molecule has 34 heavy (non-hydrogen) atoms. The van der Waals surface area contributed by atoms with Crippen LogP contribution in [0.25, 0.3) is 0 Å². The molecule has 1 aromatic heterocycles. The molecule has 6 nitrogen and oxygen atoms in total. The Kier molecular flexibility index (Phi) is 9.32. The second-order valence-electron chi connectivity index (χ2n) is 9.12. The number of hydrogen-bond acceptors (Lipinski definition) is 4. The second-order valence-corrected chi connectivity index (χ2v) is 9.12. The van der Waals surface area contributed by atoms with Gasteiger partial charge in [-0.1, -0.05) is 6.07 Å². The highest BCUT2D eigenvalue weighted by Crippen LogP contribution is 2.31. The Labute approximate surface area is 200 Å². The minimum atomic E-state index is -4.37. The number of halogens is 3. The van der Waals surface area contributed by atoms with Crippen molar-refractivity contribution in [3.8, 4) is 0 Å². The van der Waals surface area contributed by atoms with Crippen molar-refractivity contribution in [2.24, 2.45) is 0 Å². The molecule has 1 aromatic carbocycles. The maximum atomic E-state index is 13.1. The van der Waals surface area contributed by atoms with E-state index in [1.807, 2.05) is 6.07 Å². The average molecular weight is 480 g/mol. The van der Waals surface area contributed by atoms with Gasteiger partial charge in [0.15, 0.2) is 5.82 Å². The van der Waals surface area contributed by atoms with Crippen molar-refractivity contribution in [2.45, 2.75) is 59.4 Å². The lowest BCUT2D eigenvalue weighted by atomic mass is 10.0. The van der Waals surface area contributed by atoms with Gasteiger partial charge in [-0.2, -0.15) is 13.2 Å². The SMILES string of the molecule is Cc1cc(C(F)(F)F)ccc1CNc1cccnc1N(CCN(C(C)C)C(C)C)C(=O)N(C)C. The molecule has 0 bridgehead atoms. The maximum Gasteiger partial charge on any atom is 0.416 e. The quantitative estimate of drug-likeness (QED) is 0.507. The lowest BCUT2D eigenvalue weighted by molar-refractivity contribution is -0.137. The van der Waals surface area contributed by atoms with Gasteiger partial charge in [0, 0.05) is 52.0 Å². The van der Waals surface area contributed by atoms with Gasteiger partial charge in [-0.25, -0.2) is 9.78 Å². The van der Waals surface area contributed by atoms with Gasteiger partial charge < -0.3 is 10.2 Å². The summed E-state index contributed by atoms with van der Waals surface area (Å²) in [5.74, 6) is 0.484. The Bertz CT molecular complexity index is 952. The fraction of sp³-hybridized carbons (Fsp3) is 0.520. The van der Waals surface area contributed by atoms with E-state index in [-0.39, 0.29) is 6.03 Å². The van der Waals surface area contributed by atoms with Crippen LogP contribution in [0, 0.1) is 6.92 Å². The third kappa shape index (κ3) is 7.09. The topological polar surface area (TPSA) is 51.7 Å². The number of carbonyl (C=O) groups excluding carboxylic acids is 1. The number of anilines is 2. The first kappa shape index (κ1) is 27.4. The van der Waals surface area contributed by atoms with Crippen LogP contribution in [0.15, 0.2) is 36.5 Å². The second kappa shape index (κ2) is 11.6. The summed E-state index contributed by atoms with van der Waals surface area (Å²) < 4.78 is 39.0. The standard InChI is InChI=1S/C25H36F3N5O/c1-17(2)32(18(3)4)13-14-33(24(34)31(6)7)23-22(9-8-12-29-23)30-16-20-10-11-21(15-19(20)5)25(26,27)28/h8-12,15,17-18,30H,13-14,16H2,1-7H3. The molecule has 0 atom stereocenters.